The summed E-state index contributed by atoms with van der Waals surface area (Å²) in [6, 6.07) is 9.56. The minimum Gasteiger partial charge on any atom is -0.321 e. The summed E-state index contributed by atoms with van der Waals surface area (Å²) in [6.07, 6.45) is 0. The second-order valence-corrected chi connectivity index (χ2v) is 5.96. The molecule has 0 aliphatic carbocycles. The molecule has 0 aliphatic rings. The fraction of sp³-hybridized carbons (Fsp3) is 0.0714. The molecular formula is C14H10Br2N2O3. The number of amides is 1. The highest BCUT2D eigenvalue weighted by Gasteiger charge is 2.14. The van der Waals surface area contributed by atoms with Crippen molar-refractivity contribution in [3.05, 3.63) is 66.6 Å². The molecule has 0 aromatic heterocycles. The van der Waals surface area contributed by atoms with E-state index in [1.54, 1.807) is 12.1 Å². The van der Waals surface area contributed by atoms with Gasteiger partial charge >= 0.3 is 0 Å². The van der Waals surface area contributed by atoms with Crippen LogP contribution in [0.25, 0.3) is 0 Å². The predicted octanol–water partition coefficient (Wildman–Crippen LogP) is 4.68. The van der Waals surface area contributed by atoms with Crippen molar-refractivity contribution in [3.8, 4) is 0 Å². The van der Waals surface area contributed by atoms with Crippen LogP contribution in [-0.2, 0) is 0 Å². The van der Waals surface area contributed by atoms with Crippen LogP contribution in [0, 0.1) is 17.0 Å². The van der Waals surface area contributed by atoms with Gasteiger partial charge in [-0.05, 0) is 56.5 Å². The molecule has 0 spiro atoms. The summed E-state index contributed by atoms with van der Waals surface area (Å²) in [4.78, 5) is 22.5. The van der Waals surface area contributed by atoms with Gasteiger partial charge in [0.15, 0.2) is 0 Å². The fourth-order valence-electron chi connectivity index (χ4n) is 1.73. The van der Waals surface area contributed by atoms with Crippen LogP contribution >= 0.6 is 31.9 Å². The SMILES string of the molecule is Cc1cccc(C(=O)Nc2ccc([N+](=O)[O-])cc2Br)c1Br. The summed E-state index contributed by atoms with van der Waals surface area (Å²) in [5, 5.41) is 13.4. The van der Waals surface area contributed by atoms with Gasteiger partial charge in [0.25, 0.3) is 11.6 Å². The lowest BCUT2D eigenvalue weighted by Crippen LogP contribution is -2.13. The zero-order valence-electron chi connectivity index (χ0n) is 10.9. The third-order valence-corrected chi connectivity index (χ3v) is 4.56. The van der Waals surface area contributed by atoms with Crippen molar-refractivity contribution in [1.82, 2.24) is 0 Å². The molecule has 0 heterocycles. The molecule has 1 N–H and O–H groups in total. The number of non-ortho nitro benzene ring substituents is 1. The number of rotatable bonds is 3. The van der Waals surface area contributed by atoms with Crippen LogP contribution < -0.4 is 5.32 Å². The minimum absolute atomic E-state index is 0.0448. The van der Waals surface area contributed by atoms with E-state index in [1.165, 1.54) is 18.2 Å². The van der Waals surface area contributed by atoms with Crippen molar-refractivity contribution in [2.75, 3.05) is 5.32 Å². The zero-order chi connectivity index (χ0) is 15.6. The average Bonchev–Trinajstić information content (AvgIpc) is 2.43. The molecule has 2 aromatic rings. The molecule has 0 radical (unpaired) electrons. The number of hydrogen-bond donors (Lipinski definition) is 1. The van der Waals surface area contributed by atoms with Crippen LogP contribution in [0.2, 0.25) is 0 Å². The lowest BCUT2D eigenvalue weighted by atomic mass is 10.1. The lowest BCUT2D eigenvalue weighted by Gasteiger charge is -2.09. The molecule has 0 saturated heterocycles. The van der Waals surface area contributed by atoms with Crippen LogP contribution in [0.3, 0.4) is 0 Å². The van der Waals surface area contributed by atoms with Gasteiger partial charge in [0.2, 0.25) is 0 Å². The van der Waals surface area contributed by atoms with Gasteiger partial charge in [-0.2, -0.15) is 0 Å². The Hall–Kier alpha value is -1.73. The van der Waals surface area contributed by atoms with Crippen LogP contribution in [0.1, 0.15) is 15.9 Å². The van der Waals surface area contributed by atoms with Gasteiger partial charge in [0.05, 0.1) is 16.2 Å². The van der Waals surface area contributed by atoms with E-state index in [0.29, 0.717) is 15.7 Å². The second kappa shape index (κ2) is 6.36. The normalized spacial score (nSPS) is 10.2. The molecular weight excluding hydrogens is 404 g/mol. The van der Waals surface area contributed by atoms with E-state index in [1.807, 2.05) is 13.0 Å². The van der Waals surface area contributed by atoms with Crippen molar-refractivity contribution in [2.24, 2.45) is 0 Å². The van der Waals surface area contributed by atoms with Crippen LogP contribution in [0.4, 0.5) is 11.4 Å². The summed E-state index contributed by atoms with van der Waals surface area (Å²) in [5.74, 6) is -0.292. The Labute approximate surface area is 137 Å². The molecule has 5 nitrogen and oxygen atoms in total. The molecule has 2 rings (SSSR count). The number of benzene rings is 2. The Morgan fingerprint density at radius 3 is 2.57 bits per heavy atom. The van der Waals surface area contributed by atoms with Crippen molar-refractivity contribution >= 4 is 49.1 Å². The van der Waals surface area contributed by atoms with Crippen molar-refractivity contribution in [1.29, 1.82) is 0 Å². The topological polar surface area (TPSA) is 72.2 Å². The van der Waals surface area contributed by atoms with Crippen LogP contribution in [0.5, 0.6) is 0 Å². The van der Waals surface area contributed by atoms with Gasteiger partial charge in [0.1, 0.15) is 0 Å². The lowest BCUT2D eigenvalue weighted by molar-refractivity contribution is -0.384. The van der Waals surface area contributed by atoms with Crippen molar-refractivity contribution in [2.45, 2.75) is 6.92 Å². The summed E-state index contributed by atoms with van der Waals surface area (Å²) >= 11 is 6.60. The van der Waals surface area contributed by atoms with Crippen molar-refractivity contribution in [3.63, 3.8) is 0 Å². The monoisotopic (exact) mass is 412 g/mol. The number of carbonyl (C=O) groups excluding carboxylic acids is 1. The third kappa shape index (κ3) is 3.48. The second-order valence-electron chi connectivity index (χ2n) is 4.31. The maximum absolute atomic E-state index is 12.3. The molecule has 0 aliphatic heterocycles. The minimum atomic E-state index is -0.493. The highest BCUT2D eigenvalue weighted by Crippen LogP contribution is 2.28. The number of nitro benzene ring substituents is 1. The maximum Gasteiger partial charge on any atom is 0.270 e. The highest BCUT2D eigenvalue weighted by atomic mass is 79.9. The molecule has 21 heavy (non-hydrogen) atoms. The molecule has 108 valence electrons. The van der Waals surface area contributed by atoms with Gasteiger partial charge in [-0.1, -0.05) is 12.1 Å². The first kappa shape index (κ1) is 15.7. The smallest absolute Gasteiger partial charge is 0.270 e. The fourth-order valence-corrected chi connectivity index (χ4v) is 2.64. The van der Waals surface area contributed by atoms with Gasteiger partial charge in [0, 0.05) is 21.1 Å². The van der Waals surface area contributed by atoms with E-state index in [-0.39, 0.29) is 11.6 Å². The number of hydrogen-bond acceptors (Lipinski definition) is 3. The standard InChI is InChI=1S/C14H10Br2N2O3/c1-8-3-2-4-10(13(8)16)14(19)17-12-6-5-9(18(20)21)7-11(12)15/h2-7H,1H3,(H,17,19). The summed E-state index contributed by atoms with van der Waals surface area (Å²) in [5.41, 5.74) is 1.88. The number of nitrogens with zero attached hydrogens (tertiary/aromatic N) is 1. The molecule has 0 bridgehead atoms. The van der Waals surface area contributed by atoms with Crippen molar-refractivity contribution < 1.29 is 9.72 Å². The molecule has 1 amide bonds. The van der Waals surface area contributed by atoms with E-state index < -0.39 is 4.92 Å². The van der Waals surface area contributed by atoms with Gasteiger partial charge < -0.3 is 5.32 Å². The van der Waals surface area contributed by atoms with E-state index in [9.17, 15) is 14.9 Å². The number of nitro groups is 1. The number of anilines is 1. The first-order valence-electron chi connectivity index (χ1n) is 5.90. The first-order valence-corrected chi connectivity index (χ1v) is 7.49. The van der Waals surface area contributed by atoms with Gasteiger partial charge in [-0.3, -0.25) is 14.9 Å². The van der Waals surface area contributed by atoms with Crippen LogP contribution in [-0.4, -0.2) is 10.8 Å². The summed E-state index contributed by atoms with van der Waals surface area (Å²) < 4.78 is 1.18. The predicted molar refractivity (Wildman–Crippen MR) is 87.6 cm³/mol. The molecule has 0 saturated carbocycles. The Kier molecular flexibility index (Phi) is 4.74. The summed E-state index contributed by atoms with van der Waals surface area (Å²) in [7, 11) is 0. The Bertz CT molecular complexity index is 732. The molecule has 0 unspecified atom stereocenters. The number of carbonyl (C=O) groups is 1. The van der Waals surface area contributed by atoms with E-state index in [0.717, 1.165) is 10.0 Å². The number of aryl methyl sites for hydroxylation is 1. The summed E-state index contributed by atoms with van der Waals surface area (Å²) in [6.45, 7) is 1.89. The Balaban J connectivity index is 2.28. The molecule has 0 atom stereocenters. The maximum atomic E-state index is 12.3. The van der Waals surface area contributed by atoms with E-state index in [4.69, 9.17) is 0 Å². The van der Waals surface area contributed by atoms with E-state index >= 15 is 0 Å². The third-order valence-electron chi connectivity index (χ3n) is 2.85. The molecule has 7 heteroatoms. The Morgan fingerprint density at radius 1 is 1.24 bits per heavy atom. The van der Waals surface area contributed by atoms with Gasteiger partial charge in [-0.25, -0.2) is 0 Å². The quantitative estimate of drug-likeness (QED) is 0.586. The molecule has 0 fully saturated rings. The highest BCUT2D eigenvalue weighted by molar-refractivity contribution is 9.11. The first-order chi connectivity index (χ1) is 9.90. The van der Waals surface area contributed by atoms with E-state index in [2.05, 4.69) is 37.2 Å². The molecule has 2 aromatic carbocycles. The van der Waals surface area contributed by atoms with Crippen LogP contribution in [0.15, 0.2) is 45.3 Å². The van der Waals surface area contributed by atoms with Gasteiger partial charge in [-0.15, -0.1) is 0 Å². The number of halogens is 2. The zero-order valence-corrected chi connectivity index (χ0v) is 14.1. The average molecular weight is 414 g/mol. The largest absolute Gasteiger partial charge is 0.321 e. The Morgan fingerprint density at radius 2 is 1.95 bits per heavy atom. The number of nitrogens with one attached hydrogen (secondary N) is 1.